The Labute approximate surface area is 84.6 Å². The van der Waals surface area contributed by atoms with E-state index >= 15 is 0 Å². The Balaban J connectivity index is 2.46. The molecule has 1 N–H and O–H groups in total. The Morgan fingerprint density at radius 1 is 1.40 bits per heavy atom. The fourth-order valence-electron chi connectivity index (χ4n) is 1.14. The van der Waals surface area contributed by atoms with Gasteiger partial charge in [0, 0.05) is 18.5 Å². The highest BCUT2D eigenvalue weighted by molar-refractivity contribution is 5.86. The van der Waals surface area contributed by atoms with Gasteiger partial charge in [-0.3, -0.25) is 4.98 Å². The molecule has 6 nitrogen and oxygen atoms in total. The van der Waals surface area contributed by atoms with Crippen molar-refractivity contribution in [1.29, 1.82) is 0 Å². The van der Waals surface area contributed by atoms with E-state index in [1.165, 1.54) is 12.3 Å². The maximum atomic E-state index is 10.6. The molecule has 76 valence electrons. The monoisotopic (exact) mass is 205 g/mol. The van der Waals surface area contributed by atoms with E-state index in [-0.39, 0.29) is 5.69 Å². The highest BCUT2D eigenvalue weighted by atomic mass is 16.5. The van der Waals surface area contributed by atoms with E-state index in [4.69, 9.17) is 9.63 Å². The molecule has 0 atom stereocenters. The Morgan fingerprint density at radius 2 is 2.13 bits per heavy atom. The Kier molecular flexibility index (Phi) is 2.17. The molecule has 2 aromatic heterocycles. The molecule has 0 spiro atoms. The summed E-state index contributed by atoms with van der Waals surface area (Å²) in [6.07, 6.45) is 3.05. The predicted molar refractivity (Wildman–Crippen MR) is 49.2 cm³/mol. The lowest BCUT2D eigenvalue weighted by Gasteiger charge is -1.96. The number of carbonyl (C=O) groups is 1. The van der Waals surface area contributed by atoms with E-state index < -0.39 is 5.97 Å². The molecular weight excluding hydrogens is 198 g/mol. The molecule has 0 bridgehead atoms. The molecule has 0 unspecified atom stereocenters. The lowest BCUT2D eigenvalue weighted by atomic mass is 10.2. The SMILES string of the molecule is Cc1nccnc1-c1cc(C(=O)O)no1. The third-order valence-corrected chi connectivity index (χ3v) is 1.84. The number of aromatic carboxylic acids is 1. The minimum Gasteiger partial charge on any atom is -0.476 e. The first-order chi connectivity index (χ1) is 7.18. The summed E-state index contributed by atoms with van der Waals surface area (Å²) in [5, 5.41) is 12.0. The molecule has 0 radical (unpaired) electrons. The Hall–Kier alpha value is -2.24. The van der Waals surface area contributed by atoms with Gasteiger partial charge in [0.1, 0.15) is 5.69 Å². The number of rotatable bonds is 2. The van der Waals surface area contributed by atoms with E-state index in [0.717, 1.165) is 0 Å². The summed E-state index contributed by atoms with van der Waals surface area (Å²) in [5.74, 6) is -0.829. The van der Waals surface area contributed by atoms with Crippen LogP contribution in [0.3, 0.4) is 0 Å². The van der Waals surface area contributed by atoms with E-state index in [1.54, 1.807) is 13.1 Å². The lowest BCUT2D eigenvalue weighted by Crippen LogP contribution is -1.94. The van der Waals surface area contributed by atoms with Crippen LogP contribution in [-0.2, 0) is 0 Å². The van der Waals surface area contributed by atoms with Gasteiger partial charge in [-0.1, -0.05) is 5.16 Å². The highest BCUT2D eigenvalue weighted by Crippen LogP contribution is 2.19. The number of carboxylic acid groups (broad SMARTS) is 1. The highest BCUT2D eigenvalue weighted by Gasteiger charge is 2.14. The van der Waals surface area contributed by atoms with Gasteiger partial charge < -0.3 is 9.63 Å². The molecule has 0 fully saturated rings. The number of hydrogen-bond acceptors (Lipinski definition) is 5. The fourth-order valence-corrected chi connectivity index (χ4v) is 1.14. The summed E-state index contributed by atoms with van der Waals surface area (Å²) < 4.78 is 4.86. The number of hydrogen-bond donors (Lipinski definition) is 1. The molecular formula is C9H7N3O3. The zero-order valence-corrected chi connectivity index (χ0v) is 7.84. The van der Waals surface area contributed by atoms with Crippen molar-refractivity contribution in [2.75, 3.05) is 0 Å². The van der Waals surface area contributed by atoms with Crippen LogP contribution < -0.4 is 0 Å². The van der Waals surface area contributed by atoms with Crippen LogP contribution in [0.5, 0.6) is 0 Å². The minimum absolute atomic E-state index is 0.143. The van der Waals surface area contributed by atoms with Crippen molar-refractivity contribution in [1.82, 2.24) is 15.1 Å². The molecule has 0 saturated carbocycles. The molecule has 0 amide bonds. The minimum atomic E-state index is -1.13. The fraction of sp³-hybridized carbons (Fsp3) is 0.111. The van der Waals surface area contributed by atoms with Crippen molar-refractivity contribution in [2.45, 2.75) is 6.92 Å². The second kappa shape index (κ2) is 3.49. The molecule has 2 aromatic rings. The first-order valence-electron chi connectivity index (χ1n) is 4.16. The van der Waals surface area contributed by atoms with Crippen LogP contribution >= 0.6 is 0 Å². The Bertz CT molecular complexity index is 507. The maximum Gasteiger partial charge on any atom is 0.358 e. The van der Waals surface area contributed by atoms with Gasteiger partial charge in [0.05, 0.1) is 5.69 Å². The summed E-state index contributed by atoms with van der Waals surface area (Å²) in [6.45, 7) is 1.76. The van der Waals surface area contributed by atoms with Crippen LogP contribution in [0.1, 0.15) is 16.2 Å². The molecule has 0 saturated heterocycles. The summed E-state index contributed by atoms with van der Waals surface area (Å²) in [7, 11) is 0. The zero-order chi connectivity index (χ0) is 10.8. The predicted octanol–water partition coefficient (Wildman–Crippen LogP) is 1.14. The van der Waals surface area contributed by atoms with Gasteiger partial charge in [-0.05, 0) is 6.92 Å². The number of aromatic nitrogens is 3. The first-order valence-corrected chi connectivity index (χ1v) is 4.16. The van der Waals surface area contributed by atoms with Crippen LogP contribution in [-0.4, -0.2) is 26.2 Å². The van der Waals surface area contributed by atoms with Gasteiger partial charge >= 0.3 is 5.97 Å². The van der Waals surface area contributed by atoms with E-state index in [2.05, 4.69) is 15.1 Å². The molecule has 6 heteroatoms. The zero-order valence-electron chi connectivity index (χ0n) is 7.84. The van der Waals surface area contributed by atoms with Crippen molar-refractivity contribution in [2.24, 2.45) is 0 Å². The summed E-state index contributed by atoms with van der Waals surface area (Å²) in [5.41, 5.74) is 1.01. The third kappa shape index (κ3) is 1.69. The van der Waals surface area contributed by atoms with Gasteiger partial charge in [0.25, 0.3) is 0 Å². The smallest absolute Gasteiger partial charge is 0.358 e. The van der Waals surface area contributed by atoms with Crippen molar-refractivity contribution in [3.63, 3.8) is 0 Å². The average molecular weight is 205 g/mol. The molecule has 15 heavy (non-hydrogen) atoms. The van der Waals surface area contributed by atoms with Gasteiger partial charge in [-0.2, -0.15) is 0 Å². The Morgan fingerprint density at radius 3 is 2.73 bits per heavy atom. The first kappa shape index (κ1) is 9.32. The van der Waals surface area contributed by atoms with Crippen LogP contribution in [0, 0.1) is 6.92 Å². The van der Waals surface area contributed by atoms with Gasteiger partial charge in [0.2, 0.25) is 0 Å². The molecule has 0 aromatic carbocycles. The molecule has 2 heterocycles. The maximum absolute atomic E-state index is 10.6. The number of carboxylic acids is 1. The van der Waals surface area contributed by atoms with Crippen LogP contribution in [0.25, 0.3) is 11.5 Å². The standard InChI is InChI=1S/C9H7N3O3/c1-5-8(11-3-2-10-5)7-4-6(9(13)14)12-15-7/h2-4H,1H3,(H,13,14). The van der Waals surface area contributed by atoms with Gasteiger partial charge in [-0.15, -0.1) is 0 Å². The van der Waals surface area contributed by atoms with Crippen molar-refractivity contribution in [3.8, 4) is 11.5 Å². The molecule has 2 rings (SSSR count). The second-order valence-corrected chi connectivity index (χ2v) is 2.87. The quantitative estimate of drug-likeness (QED) is 0.790. The van der Waals surface area contributed by atoms with Crippen LogP contribution in [0.4, 0.5) is 0 Å². The molecule has 0 aliphatic carbocycles. The molecule has 0 aliphatic heterocycles. The number of aryl methyl sites for hydroxylation is 1. The van der Waals surface area contributed by atoms with Crippen LogP contribution in [0.2, 0.25) is 0 Å². The second-order valence-electron chi connectivity index (χ2n) is 2.87. The largest absolute Gasteiger partial charge is 0.476 e. The normalized spacial score (nSPS) is 10.2. The van der Waals surface area contributed by atoms with Crippen molar-refractivity contribution >= 4 is 5.97 Å². The third-order valence-electron chi connectivity index (χ3n) is 1.84. The van der Waals surface area contributed by atoms with E-state index in [1.807, 2.05) is 0 Å². The van der Waals surface area contributed by atoms with E-state index in [9.17, 15) is 4.79 Å². The average Bonchev–Trinajstić information content (AvgIpc) is 2.67. The van der Waals surface area contributed by atoms with E-state index in [0.29, 0.717) is 17.1 Å². The summed E-state index contributed by atoms with van der Waals surface area (Å²) in [6, 6.07) is 1.32. The topological polar surface area (TPSA) is 89.1 Å². The van der Waals surface area contributed by atoms with Crippen LogP contribution in [0.15, 0.2) is 23.0 Å². The summed E-state index contributed by atoms with van der Waals surface area (Å²) >= 11 is 0. The number of nitrogens with zero attached hydrogens (tertiary/aromatic N) is 3. The van der Waals surface area contributed by atoms with Gasteiger partial charge in [0.15, 0.2) is 11.5 Å². The summed E-state index contributed by atoms with van der Waals surface area (Å²) in [4.78, 5) is 18.6. The molecule has 0 aliphatic rings. The lowest BCUT2D eigenvalue weighted by molar-refractivity contribution is 0.0686. The van der Waals surface area contributed by atoms with Gasteiger partial charge in [-0.25, -0.2) is 9.78 Å². The van der Waals surface area contributed by atoms with Crippen molar-refractivity contribution in [3.05, 3.63) is 29.8 Å². The van der Waals surface area contributed by atoms with Crippen molar-refractivity contribution < 1.29 is 14.4 Å².